The van der Waals surface area contributed by atoms with Gasteiger partial charge in [0.2, 0.25) is 0 Å². The number of hydrogen-bond donors (Lipinski definition) is 0. The standard InChI is InChI=1S/C14H22O3/c1-2-3-4-5-6-14(15)16-10-11-7-8-12-13(9-11)17-12/h5-6,11-13H,2-4,7-10H2,1H3. The minimum atomic E-state index is -0.194. The Morgan fingerprint density at radius 3 is 3.06 bits per heavy atom. The Morgan fingerprint density at radius 1 is 1.41 bits per heavy atom. The van der Waals surface area contributed by atoms with Crippen LogP contribution < -0.4 is 0 Å². The number of carbonyl (C=O) groups excluding carboxylic acids is 1. The number of hydrogen-bond acceptors (Lipinski definition) is 3. The van der Waals surface area contributed by atoms with Gasteiger partial charge in [-0.15, -0.1) is 0 Å². The van der Waals surface area contributed by atoms with Gasteiger partial charge in [0.15, 0.2) is 0 Å². The molecular weight excluding hydrogens is 216 g/mol. The fraction of sp³-hybridized carbons (Fsp3) is 0.786. The largest absolute Gasteiger partial charge is 0.462 e. The first-order valence-electron chi connectivity index (χ1n) is 6.78. The van der Waals surface area contributed by atoms with Crippen molar-refractivity contribution in [2.24, 2.45) is 5.92 Å². The van der Waals surface area contributed by atoms with Gasteiger partial charge in [-0.05, 0) is 31.6 Å². The normalized spacial score (nSPS) is 31.2. The molecule has 3 atom stereocenters. The van der Waals surface area contributed by atoms with Crippen LogP contribution in [0.4, 0.5) is 0 Å². The summed E-state index contributed by atoms with van der Waals surface area (Å²) in [7, 11) is 0. The SMILES string of the molecule is CCCCC=CC(=O)OCC1CCC2OC2C1. The van der Waals surface area contributed by atoms with Crippen LogP contribution in [0, 0.1) is 5.92 Å². The molecule has 1 saturated heterocycles. The zero-order valence-electron chi connectivity index (χ0n) is 10.6. The van der Waals surface area contributed by atoms with E-state index in [1.54, 1.807) is 6.08 Å². The molecule has 3 heteroatoms. The van der Waals surface area contributed by atoms with Gasteiger partial charge in [0.05, 0.1) is 18.8 Å². The van der Waals surface area contributed by atoms with Crippen molar-refractivity contribution < 1.29 is 14.3 Å². The number of epoxide rings is 1. The highest BCUT2D eigenvalue weighted by Gasteiger charge is 2.43. The molecule has 0 aromatic heterocycles. The van der Waals surface area contributed by atoms with Crippen molar-refractivity contribution in [3.05, 3.63) is 12.2 Å². The second-order valence-electron chi connectivity index (χ2n) is 5.07. The maximum atomic E-state index is 11.4. The van der Waals surface area contributed by atoms with Crippen LogP contribution in [0.15, 0.2) is 12.2 Å². The molecule has 0 amide bonds. The number of ether oxygens (including phenoxy) is 2. The van der Waals surface area contributed by atoms with Crippen LogP contribution in [0.25, 0.3) is 0 Å². The Bertz CT molecular complexity index is 285. The zero-order valence-corrected chi connectivity index (χ0v) is 10.6. The van der Waals surface area contributed by atoms with Crippen LogP contribution in [0.3, 0.4) is 0 Å². The number of allylic oxidation sites excluding steroid dienone is 1. The molecule has 0 aromatic carbocycles. The number of rotatable bonds is 6. The van der Waals surface area contributed by atoms with E-state index in [0.29, 0.717) is 24.7 Å². The first kappa shape index (κ1) is 12.6. The monoisotopic (exact) mass is 238 g/mol. The lowest BCUT2D eigenvalue weighted by atomic mass is 9.90. The van der Waals surface area contributed by atoms with Gasteiger partial charge in [-0.25, -0.2) is 4.79 Å². The van der Waals surface area contributed by atoms with Crippen LogP contribution in [-0.4, -0.2) is 24.8 Å². The number of unbranched alkanes of at least 4 members (excludes halogenated alkanes) is 2. The Kier molecular flexibility index (Phi) is 4.60. The molecule has 1 saturated carbocycles. The molecule has 2 fully saturated rings. The quantitative estimate of drug-likeness (QED) is 0.309. The van der Waals surface area contributed by atoms with Crippen molar-refractivity contribution in [3.8, 4) is 0 Å². The highest BCUT2D eigenvalue weighted by molar-refractivity contribution is 5.81. The maximum Gasteiger partial charge on any atom is 0.330 e. The molecule has 2 rings (SSSR count). The van der Waals surface area contributed by atoms with Crippen LogP contribution in [-0.2, 0) is 14.3 Å². The lowest BCUT2D eigenvalue weighted by Gasteiger charge is -2.17. The van der Waals surface area contributed by atoms with Gasteiger partial charge in [-0.3, -0.25) is 0 Å². The summed E-state index contributed by atoms with van der Waals surface area (Å²) in [5.41, 5.74) is 0. The average molecular weight is 238 g/mol. The topological polar surface area (TPSA) is 38.8 Å². The zero-order chi connectivity index (χ0) is 12.1. The summed E-state index contributed by atoms with van der Waals surface area (Å²) in [4.78, 5) is 11.4. The second kappa shape index (κ2) is 6.20. The van der Waals surface area contributed by atoms with Crippen molar-refractivity contribution in [1.29, 1.82) is 0 Å². The van der Waals surface area contributed by atoms with Crippen LogP contribution in [0.5, 0.6) is 0 Å². The van der Waals surface area contributed by atoms with Crippen molar-refractivity contribution in [3.63, 3.8) is 0 Å². The third kappa shape index (κ3) is 4.15. The minimum absolute atomic E-state index is 0.194. The molecule has 96 valence electrons. The third-order valence-electron chi connectivity index (χ3n) is 3.55. The van der Waals surface area contributed by atoms with E-state index >= 15 is 0 Å². The molecule has 0 spiro atoms. The molecular formula is C14H22O3. The Labute approximate surface area is 103 Å². The van der Waals surface area contributed by atoms with Crippen LogP contribution in [0.1, 0.15) is 45.4 Å². The minimum Gasteiger partial charge on any atom is -0.462 e. The molecule has 3 nitrogen and oxygen atoms in total. The molecule has 17 heavy (non-hydrogen) atoms. The molecule has 1 aliphatic carbocycles. The van der Waals surface area contributed by atoms with Gasteiger partial charge < -0.3 is 9.47 Å². The molecule has 1 aliphatic heterocycles. The van der Waals surface area contributed by atoms with E-state index < -0.39 is 0 Å². The summed E-state index contributed by atoms with van der Waals surface area (Å²) in [6.45, 7) is 2.70. The smallest absolute Gasteiger partial charge is 0.330 e. The third-order valence-corrected chi connectivity index (χ3v) is 3.55. The van der Waals surface area contributed by atoms with Gasteiger partial charge >= 0.3 is 5.97 Å². The first-order chi connectivity index (χ1) is 8.29. The van der Waals surface area contributed by atoms with E-state index in [9.17, 15) is 4.79 Å². The fourth-order valence-corrected chi connectivity index (χ4v) is 2.39. The van der Waals surface area contributed by atoms with Gasteiger partial charge in [-0.2, -0.15) is 0 Å². The molecule has 2 aliphatic rings. The lowest BCUT2D eigenvalue weighted by molar-refractivity contribution is -0.139. The van der Waals surface area contributed by atoms with Crippen LogP contribution in [0.2, 0.25) is 0 Å². The predicted molar refractivity (Wildman–Crippen MR) is 65.6 cm³/mol. The van der Waals surface area contributed by atoms with Gasteiger partial charge in [0.1, 0.15) is 0 Å². The highest BCUT2D eigenvalue weighted by atomic mass is 16.6. The van der Waals surface area contributed by atoms with Crippen molar-refractivity contribution >= 4 is 5.97 Å². The average Bonchev–Trinajstić information content (AvgIpc) is 3.10. The van der Waals surface area contributed by atoms with Gasteiger partial charge in [-0.1, -0.05) is 25.8 Å². The summed E-state index contributed by atoms with van der Waals surface area (Å²) < 4.78 is 10.7. The lowest BCUT2D eigenvalue weighted by Crippen LogP contribution is -2.19. The predicted octanol–water partition coefficient (Wildman–Crippen LogP) is 2.84. The summed E-state index contributed by atoms with van der Waals surface area (Å²) in [6, 6.07) is 0. The van der Waals surface area contributed by atoms with Crippen molar-refractivity contribution in [1.82, 2.24) is 0 Å². The summed E-state index contributed by atoms with van der Waals surface area (Å²) in [5.74, 6) is 0.312. The molecule has 3 unspecified atom stereocenters. The van der Waals surface area contributed by atoms with E-state index in [1.165, 1.54) is 0 Å². The summed E-state index contributed by atoms with van der Waals surface area (Å²) >= 11 is 0. The molecule has 0 radical (unpaired) electrons. The Morgan fingerprint density at radius 2 is 2.29 bits per heavy atom. The number of fused-ring (bicyclic) bond motifs is 1. The second-order valence-corrected chi connectivity index (χ2v) is 5.07. The molecule has 0 N–H and O–H groups in total. The number of carbonyl (C=O) groups is 1. The fourth-order valence-electron chi connectivity index (χ4n) is 2.39. The van der Waals surface area contributed by atoms with Crippen molar-refractivity contribution in [2.75, 3.05) is 6.61 Å². The summed E-state index contributed by atoms with van der Waals surface area (Å²) in [5, 5.41) is 0. The van der Waals surface area contributed by atoms with Gasteiger partial charge in [0, 0.05) is 6.08 Å². The van der Waals surface area contributed by atoms with E-state index in [-0.39, 0.29) is 5.97 Å². The van der Waals surface area contributed by atoms with Crippen molar-refractivity contribution in [2.45, 2.75) is 57.7 Å². The highest BCUT2D eigenvalue weighted by Crippen LogP contribution is 2.39. The Balaban J connectivity index is 1.57. The van der Waals surface area contributed by atoms with E-state index in [4.69, 9.17) is 9.47 Å². The van der Waals surface area contributed by atoms with E-state index in [1.807, 2.05) is 6.08 Å². The van der Waals surface area contributed by atoms with Gasteiger partial charge in [0.25, 0.3) is 0 Å². The summed E-state index contributed by atoms with van der Waals surface area (Å²) in [6.07, 6.45) is 11.1. The van der Waals surface area contributed by atoms with Crippen LogP contribution >= 0.6 is 0 Å². The first-order valence-corrected chi connectivity index (χ1v) is 6.78. The van der Waals surface area contributed by atoms with E-state index in [2.05, 4.69) is 6.92 Å². The molecule has 1 heterocycles. The molecule has 0 bridgehead atoms. The number of esters is 1. The van der Waals surface area contributed by atoms with E-state index in [0.717, 1.165) is 38.5 Å². The molecule has 0 aromatic rings. The Hall–Kier alpha value is -0.830. The maximum absolute atomic E-state index is 11.4.